The van der Waals surface area contributed by atoms with Gasteiger partial charge in [0.15, 0.2) is 17.3 Å². The fourth-order valence-electron chi connectivity index (χ4n) is 4.18. The van der Waals surface area contributed by atoms with Crippen LogP contribution in [0, 0.1) is 0 Å². The molecule has 1 aliphatic heterocycles. The summed E-state index contributed by atoms with van der Waals surface area (Å²) in [5, 5.41) is 6.50. The third kappa shape index (κ3) is 4.18. The molecule has 0 aliphatic carbocycles. The summed E-state index contributed by atoms with van der Waals surface area (Å²) in [4.78, 5) is 3.59. The van der Waals surface area contributed by atoms with E-state index in [1.54, 1.807) is 32.7 Å². The van der Waals surface area contributed by atoms with Gasteiger partial charge in [0.25, 0.3) is 0 Å². The Morgan fingerprint density at radius 3 is 2.67 bits per heavy atom. The maximum atomic E-state index is 5.71. The van der Waals surface area contributed by atoms with Crippen LogP contribution in [-0.4, -0.2) is 37.9 Å². The molecule has 2 aromatic heterocycles. The number of ether oxygens (including phenoxy) is 3. The molecule has 0 spiro atoms. The van der Waals surface area contributed by atoms with Crippen LogP contribution < -0.4 is 14.2 Å². The predicted molar refractivity (Wildman–Crippen MR) is 118 cm³/mol. The fraction of sp³-hybridized carbons (Fsp3) is 0.435. The quantitative estimate of drug-likeness (QED) is 0.492. The Labute approximate surface area is 181 Å². The third-order valence-corrected chi connectivity index (χ3v) is 6.54. The smallest absolute Gasteiger partial charge is 0.203 e. The normalized spacial score (nSPS) is 17.5. The van der Waals surface area contributed by atoms with Crippen molar-refractivity contribution >= 4 is 11.3 Å². The van der Waals surface area contributed by atoms with Crippen molar-refractivity contribution in [3.05, 3.63) is 47.0 Å². The summed E-state index contributed by atoms with van der Waals surface area (Å²) >= 11 is 1.67. The van der Waals surface area contributed by atoms with E-state index in [1.165, 1.54) is 19.3 Å². The Balaban J connectivity index is 1.63. The van der Waals surface area contributed by atoms with Crippen LogP contribution in [0.5, 0.6) is 17.2 Å². The summed E-state index contributed by atoms with van der Waals surface area (Å²) in [5.74, 6) is 2.86. The van der Waals surface area contributed by atoms with Crippen LogP contribution >= 0.6 is 11.3 Å². The monoisotopic (exact) mass is 428 g/mol. The molecule has 0 N–H and O–H groups in total. The SMILES string of the molecule is COc1ccc(CN2CCCCC[C@@H]2c2cc(-c3cccs3)on2)c(OC)c1OC. The zero-order valence-corrected chi connectivity index (χ0v) is 18.5. The second-order valence-corrected chi connectivity index (χ2v) is 8.37. The molecular weight excluding hydrogens is 400 g/mol. The number of hydrogen-bond acceptors (Lipinski definition) is 7. The molecule has 30 heavy (non-hydrogen) atoms. The van der Waals surface area contributed by atoms with E-state index >= 15 is 0 Å². The Morgan fingerprint density at radius 1 is 1.07 bits per heavy atom. The highest BCUT2D eigenvalue weighted by atomic mass is 32.1. The number of thiophene rings is 1. The van der Waals surface area contributed by atoms with Crippen molar-refractivity contribution in [1.29, 1.82) is 0 Å². The van der Waals surface area contributed by atoms with E-state index in [9.17, 15) is 0 Å². The lowest BCUT2D eigenvalue weighted by atomic mass is 10.0. The van der Waals surface area contributed by atoms with E-state index < -0.39 is 0 Å². The maximum absolute atomic E-state index is 5.71. The third-order valence-electron chi connectivity index (χ3n) is 5.66. The number of benzene rings is 1. The summed E-state index contributed by atoms with van der Waals surface area (Å²) < 4.78 is 22.4. The predicted octanol–water partition coefficient (Wildman–Crippen LogP) is 5.55. The van der Waals surface area contributed by atoms with E-state index in [4.69, 9.17) is 18.7 Å². The Hall–Kier alpha value is -2.51. The first-order chi connectivity index (χ1) is 14.7. The van der Waals surface area contributed by atoms with Gasteiger partial charge in [-0.2, -0.15) is 0 Å². The Morgan fingerprint density at radius 2 is 1.93 bits per heavy atom. The highest BCUT2D eigenvalue weighted by molar-refractivity contribution is 7.13. The minimum absolute atomic E-state index is 0.211. The summed E-state index contributed by atoms with van der Waals surface area (Å²) in [6.07, 6.45) is 4.64. The van der Waals surface area contributed by atoms with Crippen LogP contribution in [-0.2, 0) is 6.54 Å². The largest absolute Gasteiger partial charge is 0.493 e. The minimum Gasteiger partial charge on any atom is -0.493 e. The van der Waals surface area contributed by atoms with Crippen molar-refractivity contribution in [2.75, 3.05) is 27.9 Å². The molecule has 1 saturated heterocycles. The van der Waals surface area contributed by atoms with Crippen molar-refractivity contribution in [2.24, 2.45) is 0 Å². The zero-order valence-electron chi connectivity index (χ0n) is 17.7. The van der Waals surface area contributed by atoms with Gasteiger partial charge in [-0.15, -0.1) is 11.3 Å². The number of likely N-dealkylation sites (tertiary alicyclic amines) is 1. The molecule has 6 nitrogen and oxygen atoms in total. The van der Waals surface area contributed by atoms with Gasteiger partial charge in [0.05, 0.1) is 32.2 Å². The number of methoxy groups -OCH3 is 3. The van der Waals surface area contributed by atoms with E-state index in [2.05, 4.69) is 33.6 Å². The van der Waals surface area contributed by atoms with Crippen LogP contribution in [0.1, 0.15) is 43.0 Å². The van der Waals surface area contributed by atoms with Crippen LogP contribution in [0.15, 0.2) is 40.2 Å². The zero-order chi connectivity index (χ0) is 20.9. The first kappa shape index (κ1) is 20.8. The molecule has 3 aromatic rings. The molecule has 0 radical (unpaired) electrons. The van der Waals surface area contributed by atoms with E-state index in [0.717, 1.165) is 47.2 Å². The van der Waals surface area contributed by atoms with Gasteiger partial charge in [0, 0.05) is 18.2 Å². The molecule has 1 aromatic carbocycles. The van der Waals surface area contributed by atoms with Gasteiger partial charge in [0.1, 0.15) is 5.69 Å². The summed E-state index contributed by atoms with van der Waals surface area (Å²) in [7, 11) is 4.95. The molecule has 3 heterocycles. The molecule has 0 saturated carbocycles. The number of rotatable bonds is 7. The molecular formula is C23H28N2O4S. The Kier molecular flexibility index (Phi) is 6.59. The average molecular weight is 429 g/mol. The topological polar surface area (TPSA) is 57.0 Å². The standard InChI is InChI=1S/C23H28N2O4S/c1-26-19-11-10-16(22(27-2)23(19)28-3)15-25-12-6-4-5-8-18(25)17-14-20(29-24-17)21-9-7-13-30-21/h7,9-11,13-14,18H,4-6,8,12,15H2,1-3H3/t18-/m1/s1. The van der Waals surface area contributed by atoms with Gasteiger partial charge in [-0.05, 0) is 36.9 Å². The first-order valence-electron chi connectivity index (χ1n) is 10.3. The van der Waals surface area contributed by atoms with Crippen molar-refractivity contribution < 1.29 is 18.7 Å². The highest BCUT2D eigenvalue weighted by Crippen LogP contribution is 2.42. The fourth-order valence-corrected chi connectivity index (χ4v) is 4.85. The summed E-state index contributed by atoms with van der Waals surface area (Å²) in [5.41, 5.74) is 2.07. The lowest BCUT2D eigenvalue weighted by molar-refractivity contribution is 0.181. The van der Waals surface area contributed by atoms with Gasteiger partial charge < -0.3 is 18.7 Å². The van der Waals surface area contributed by atoms with Crippen LogP contribution in [0.4, 0.5) is 0 Å². The first-order valence-corrected chi connectivity index (χ1v) is 11.2. The van der Waals surface area contributed by atoms with Crippen LogP contribution in [0.2, 0.25) is 0 Å². The van der Waals surface area contributed by atoms with Crippen LogP contribution in [0.25, 0.3) is 10.6 Å². The van der Waals surface area contributed by atoms with Gasteiger partial charge in [0.2, 0.25) is 5.75 Å². The number of hydrogen-bond donors (Lipinski definition) is 0. The van der Waals surface area contributed by atoms with E-state index in [0.29, 0.717) is 11.5 Å². The Bertz CT molecular complexity index is 954. The molecule has 4 rings (SSSR count). The van der Waals surface area contributed by atoms with Gasteiger partial charge in [-0.3, -0.25) is 4.90 Å². The molecule has 1 atom stereocenters. The molecule has 0 bridgehead atoms. The molecule has 1 fully saturated rings. The second kappa shape index (κ2) is 9.53. The van der Waals surface area contributed by atoms with Gasteiger partial charge >= 0.3 is 0 Å². The lowest BCUT2D eigenvalue weighted by Crippen LogP contribution is -2.28. The molecule has 0 amide bonds. The van der Waals surface area contributed by atoms with E-state index in [1.807, 2.05) is 12.1 Å². The number of nitrogens with zero attached hydrogens (tertiary/aromatic N) is 2. The molecule has 0 unspecified atom stereocenters. The lowest BCUT2D eigenvalue weighted by Gasteiger charge is -2.29. The highest BCUT2D eigenvalue weighted by Gasteiger charge is 2.28. The van der Waals surface area contributed by atoms with Crippen molar-refractivity contribution in [1.82, 2.24) is 10.1 Å². The average Bonchev–Trinajstić information content (AvgIpc) is 3.42. The maximum Gasteiger partial charge on any atom is 0.203 e. The van der Waals surface area contributed by atoms with Gasteiger partial charge in [-0.25, -0.2) is 0 Å². The van der Waals surface area contributed by atoms with Crippen molar-refractivity contribution in [3.8, 4) is 27.9 Å². The van der Waals surface area contributed by atoms with Crippen LogP contribution in [0.3, 0.4) is 0 Å². The molecule has 7 heteroatoms. The van der Waals surface area contributed by atoms with E-state index in [-0.39, 0.29) is 6.04 Å². The van der Waals surface area contributed by atoms with Crippen molar-refractivity contribution in [3.63, 3.8) is 0 Å². The number of aromatic nitrogens is 1. The van der Waals surface area contributed by atoms with Crippen molar-refractivity contribution in [2.45, 2.75) is 38.3 Å². The summed E-state index contributed by atoms with van der Waals surface area (Å²) in [6, 6.07) is 10.4. The molecule has 1 aliphatic rings. The minimum atomic E-state index is 0.211. The van der Waals surface area contributed by atoms with Gasteiger partial charge in [-0.1, -0.05) is 30.1 Å². The summed E-state index contributed by atoms with van der Waals surface area (Å²) in [6.45, 7) is 1.75. The second-order valence-electron chi connectivity index (χ2n) is 7.42. The molecule has 160 valence electrons.